The summed E-state index contributed by atoms with van der Waals surface area (Å²) in [5.41, 5.74) is -0.111. The molecule has 37 heavy (non-hydrogen) atoms. The number of nitrogens with zero attached hydrogens (tertiary/aromatic N) is 5. The van der Waals surface area contributed by atoms with Crippen LogP contribution in [0.25, 0.3) is 16.9 Å². The molecule has 2 aromatic heterocycles. The number of benzene rings is 2. The molecule has 2 unspecified atom stereocenters. The number of hydrogen-bond donors (Lipinski definition) is 2. The number of aliphatic hydroxyl groups is 2. The van der Waals surface area contributed by atoms with E-state index >= 15 is 0 Å². The molecule has 0 spiro atoms. The number of aromatic nitrogens is 5. The molecule has 2 atom stereocenters. The number of alkyl halides is 3. The van der Waals surface area contributed by atoms with Crippen LogP contribution in [0.3, 0.4) is 0 Å². The largest absolute Gasteiger partial charge is 0.416 e. The van der Waals surface area contributed by atoms with Crippen LogP contribution < -0.4 is 5.69 Å². The zero-order chi connectivity index (χ0) is 27.1. The summed E-state index contributed by atoms with van der Waals surface area (Å²) in [5, 5.41) is 24.0. The lowest BCUT2D eigenvalue weighted by Gasteiger charge is -2.16. The van der Waals surface area contributed by atoms with Gasteiger partial charge in [0.05, 0.1) is 29.5 Å². The van der Waals surface area contributed by atoms with Crippen molar-refractivity contribution in [3.8, 4) is 16.9 Å². The van der Waals surface area contributed by atoms with Crippen LogP contribution >= 0.6 is 23.2 Å². The second-order valence-electron chi connectivity index (χ2n) is 8.17. The molecule has 0 saturated carbocycles. The minimum atomic E-state index is -4.95. The van der Waals surface area contributed by atoms with Crippen molar-refractivity contribution < 1.29 is 27.8 Å². The van der Waals surface area contributed by atoms with Gasteiger partial charge in [-0.2, -0.15) is 13.2 Å². The van der Waals surface area contributed by atoms with Gasteiger partial charge < -0.3 is 10.2 Å². The summed E-state index contributed by atoms with van der Waals surface area (Å²) < 4.78 is 56.2. The molecule has 4 rings (SSSR count). The van der Waals surface area contributed by atoms with Crippen molar-refractivity contribution >= 4 is 23.2 Å². The van der Waals surface area contributed by atoms with Gasteiger partial charge in [-0.3, -0.25) is 9.13 Å². The lowest BCUT2D eigenvalue weighted by Crippen LogP contribution is -2.37. The van der Waals surface area contributed by atoms with E-state index in [1.165, 1.54) is 54.2 Å². The van der Waals surface area contributed by atoms with Crippen molar-refractivity contribution in [2.45, 2.75) is 38.4 Å². The lowest BCUT2D eigenvalue weighted by molar-refractivity contribution is -0.207. The van der Waals surface area contributed by atoms with E-state index in [9.17, 15) is 32.6 Å². The normalized spacial score (nSPS) is 13.6. The van der Waals surface area contributed by atoms with Crippen LogP contribution in [-0.4, -0.2) is 46.4 Å². The van der Waals surface area contributed by atoms with Gasteiger partial charge >= 0.3 is 11.9 Å². The maximum atomic E-state index is 13.7. The third-order valence-corrected chi connectivity index (χ3v) is 5.98. The summed E-state index contributed by atoms with van der Waals surface area (Å²) in [4.78, 5) is 17.5. The molecule has 0 aliphatic rings. The third-order valence-electron chi connectivity index (χ3n) is 5.44. The first kappa shape index (κ1) is 26.9. The molecule has 14 heteroatoms. The van der Waals surface area contributed by atoms with Gasteiger partial charge in [-0.1, -0.05) is 35.3 Å². The van der Waals surface area contributed by atoms with Crippen LogP contribution in [0.1, 0.15) is 24.7 Å². The average molecular weight is 560 g/mol. The number of aliphatic hydroxyl groups excluding tert-OH is 2. The predicted octanol–water partition coefficient (Wildman–Crippen LogP) is 4.37. The summed E-state index contributed by atoms with van der Waals surface area (Å²) in [6, 6.07) is 9.79. The lowest BCUT2D eigenvalue weighted by atomic mass is 10.1. The molecule has 4 aromatic rings. The first-order chi connectivity index (χ1) is 17.3. The Labute approximate surface area is 216 Å². The van der Waals surface area contributed by atoms with Gasteiger partial charge in [0.25, 0.3) is 0 Å². The fraction of sp³-hybridized carbons (Fsp3) is 0.261. The molecule has 2 aromatic carbocycles. The van der Waals surface area contributed by atoms with Crippen LogP contribution in [0.4, 0.5) is 17.6 Å². The molecular weight excluding hydrogens is 541 g/mol. The van der Waals surface area contributed by atoms with E-state index in [4.69, 9.17) is 23.2 Å². The predicted molar refractivity (Wildman–Crippen MR) is 127 cm³/mol. The highest BCUT2D eigenvalue weighted by Crippen LogP contribution is 2.26. The second-order valence-corrected chi connectivity index (χ2v) is 9.02. The topological polar surface area (TPSA) is 98.1 Å². The van der Waals surface area contributed by atoms with Crippen molar-refractivity contribution in [1.82, 2.24) is 23.9 Å². The Hall–Kier alpha value is -3.19. The maximum Gasteiger partial charge on any atom is 0.416 e. The minimum absolute atomic E-state index is 0.00616. The van der Waals surface area contributed by atoms with Crippen molar-refractivity contribution in [1.29, 1.82) is 0 Å². The fourth-order valence-corrected chi connectivity index (χ4v) is 3.87. The van der Waals surface area contributed by atoms with Gasteiger partial charge in [-0.25, -0.2) is 18.9 Å². The van der Waals surface area contributed by atoms with Crippen LogP contribution in [-0.2, 0) is 13.1 Å². The van der Waals surface area contributed by atoms with E-state index in [-0.39, 0.29) is 34.6 Å². The summed E-state index contributed by atoms with van der Waals surface area (Å²) in [5.74, 6) is -0.572. The van der Waals surface area contributed by atoms with Crippen molar-refractivity contribution in [3.05, 3.63) is 86.7 Å². The summed E-state index contributed by atoms with van der Waals surface area (Å²) >= 11 is 11.8. The van der Waals surface area contributed by atoms with E-state index in [1.54, 1.807) is 0 Å². The highest BCUT2D eigenvalue weighted by Gasteiger charge is 2.39. The van der Waals surface area contributed by atoms with E-state index in [0.29, 0.717) is 10.6 Å². The molecule has 0 amide bonds. The molecule has 2 N–H and O–H groups in total. The highest BCUT2D eigenvalue weighted by molar-refractivity contribution is 6.31. The Bertz CT molecular complexity index is 1480. The number of hydrogen-bond acceptors (Lipinski definition) is 5. The van der Waals surface area contributed by atoms with Crippen LogP contribution in [0, 0.1) is 5.82 Å². The fourth-order valence-electron chi connectivity index (χ4n) is 3.57. The second kappa shape index (κ2) is 10.3. The molecule has 0 bridgehead atoms. The van der Waals surface area contributed by atoms with Crippen LogP contribution in [0.15, 0.2) is 53.5 Å². The Kier molecular flexibility index (Phi) is 7.47. The Morgan fingerprint density at radius 1 is 1.08 bits per heavy atom. The van der Waals surface area contributed by atoms with Gasteiger partial charge in [0.1, 0.15) is 11.9 Å². The zero-order valence-electron chi connectivity index (χ0n) is 19.0. The number of rotatable bonds is 7. The molecule has 0 aliphatic carbocycles. The Morgan fingerprint density at radius 3 is 2.35 bits per heavy atom. The molecule has 0 fully saturated rings. The van der Waals surface area contributed by atoms with E-state index in [0.717, 1.165) is 15.2 Å². The van der Waals surface area contributed by atoms with Gasteiger partial charge in [-0.15, -0.1) is 5.10 Å². The van der Waals surface area contributed by atoms with E-state index in [2.05, 4.69) is 10.1 Å². The Balaban J connectivity index is 1.82. The van der Waals surface area contributed by atoms with Gasteiger partial charge in [0, 0.05) is 11.2 Å². The summed E-state index contributed by atoms with van der Waals surface area (Å²) in [6.07, 6.45) is -7.52. The molecule has 0 aliphatic heterocycles. The van der Waals surface area contributed by atoms with Crippen molar-refractivity contribution in [2.75, 3.05) is 0 Å². The number of imidazole rings is 1. The molecule has 0 radical (unpaired) electrons. The zero-order valence-corrected chi connectivity index (χ0v) is 20.5. The van der Waals surface area contributed by atoms with Gasteiger partial charge in [0.2, 0.25) is 0 Å². The van der Waals surface area contributed by atoms with Gasteiger partial charge in [-0.05, 0) is 42.8 Å². The highest BCUT2D eigenvalue weighted by atomic mass is 35.5. The van der Waals surface area contributed by atoms with Crippen molar-refractivity contribution in [2.24, 2.45) is 0 Å². The molecule has 196 valence electrons. The maximum absolute atomic E-state index is 13.7. The monoisotopic (exact) mass is 559 g/mol. The average Bonchev–Trinajstić information content (AvgIpc) is 3.38. The standard InChI is InChI=1S/C23H19Cl2F4N5O3/c1-12(35)21-30-20(34(31-21)15-6-7-17(26)16(25)8-15)11-32-9-18(13-2-4-14(24)5-3-13)33(22(32)37)10-19(36)23(27,28)29/h2-9,12,19,35-36H,10-11H2,1H3. The van der Waals surface area contributed by atoms with Gasteiger partial charge in [0.15, 0.2) is 17.8 Å². The van der Waals surface area contributed by atoms with E-state index in [1.807, 2.05) is 0 Å². The smallest absolute Gasteiger partial charge is 0.385 e. The third kappa shape index (κ3) is 5.72. The van der Waals surface area contributed by atoms with E-state index < -0.39 is 36.4 Å². The first-order valence-corrected chi connectivity index (χ1v) is 11.5. The number of halogens is 6. The molecule has 2 heterocycles. The molecule has 8 nitrogen and oxygen atoms in total. The SMILES string of the molecule is CC(O)c1nc(Cn2cc(-c3ccc(Cl)cc3)n(CC(O)C(F)(F)F)c2=O)n(-c2ccc(F)c(Cl)c2)n1. The molecular formula is C23H19Cl2F4N5O3. The van der Waals surface area contributed by atoms with Crippen LogP contribution in [0.2, 0.25) is 10.0 Å². The Morgan fingerprint density at radius 2 is 1.76 bits per heavy atom. The minimum Gasteiger partial charge on any atom is -0.385 e. The summed E-state index contributed by atoms with van der Waals surface area (Å²) in [7, 11) is 0. The summed E-state index contributed by atoms with van der Waals surface area (Å²) in [6.45, 7) is 0.0800. The van der Waals surface area contributed by atoms with Crippen LogP contribution in [0.5, 0.6) is 0 Å². The molecule has 0 saturated heterocycles. The first-order valence-electron chi connectivity index (χ1n) is 10.7. The van der Waals surface area contributed by atoms with Crippen molar-refractivity contribution in [3.63, 3.8) is 0 Å². The quantitative estimate of drug-likeness (QED) is 0.328.